The number of hydrogen-bond acceptors (Lipinski definition) is 6. The van der Waals surface area contributed by atoms with Gasteiger partial charge < -0.3 is 15.8 Å². The van der Waals surface area contributed by atoms with E-state index in [0.717, 1.165) is 47.9 Å². The molecule has 0 bridgehead atoms. The van der Waals surface area contributed by atoms with Crippen molar-refractivity contribution in [1.29, 1.82) is 0 Å². The number of rotatable bonds is 6. The zero-order valence-corrected chi connectivity index (χ0v) is 16.0. The summed E-state index contributed by atoms with van der Waals surface area (Å²) in [6.07, 6.45) is 10.3. The highest BCUT2D eigenvalue weighted by Crippen LogP contribution is 2.30. The maximum absolute atomic E-state index is 10.5. The number of thioether (sulfide) groups is 1. The van der Waals surface area contributed by atoms with Gasteiger partial charge in [0.05, 0.1) is 11.6 Å². The first-order chi connectivity index (χ1) is 12.7. The van der Waals surface area contributed by atoms with Gasteiger partial charge in [-0.3, -0.25) is 4.90 Å². The summed E-state index contributed by atoms with van der Waals surface area (Å²) in [7, 11) is 0. The van der Waals surface area contributed by atoms with E-state index in [1.165, 1.54) is 44.2 Å². The molecule has 1 saturated carbocycles. The summed E-state index contributed by atoms with van der Waals surface area (Å²) >= 11 is 2.05. The number of β-amino-alcohol motifs (C(OH)–C–C–N with tert-alkyl or cyclic N) is 1. The van der Waals surface area contributed by atoms with Gasteiger partial charge in [-0.05, 0) is 30.3 Å². The second-order valence-corrected chi connectivity index (χ2v) is 8.93. The number of nitrogens with one attached hydrogen (secondary N) is 1. The molecule has 2 fully saturated rings. The van der Waals surface area contributed by atoms with Crippen LogP contribution in [0.1, 0.15) is 37.7 Å². The molecule has 1 aliphatic carbocycles. The molecule has 0 amide bonds. The third-order valence-corrected chi connectivity index (χ3v) is 7.23. The molecule has 1 saturated heterocycles. The van der Waals surface area contributed by atoms with Crippen LogP contribution in [0.25, 0.3) is 11.0 Å². The lowest BCUT2D eigenvalue weighted by Gasteiger charge is -2.22. The Hall–Kier alpha value is -1.31. The molecule has 26 heavy (non-hydrogen) atoms. The highest BCUT2D eigenvalue weighted by molar-refractivity contribution is 7.99. The van der Waals surface area contributed by atoms with Crippen molar-refractivity contribution in [2.24, 2.45) is 11.8 Å². The van der Waals surface area contributed by atoms with Crippen LogP contribution in [0.4, 0.5) is 5.82 Å². The van der Waals surface area contributed by atoms with Crippen molar-refractivity contribution >= 4 is 28.6 Å². The number of nitrogens with two attached hydrogens (primary N) is 1. The lowest BCUT2D eigenvalue weighted by Crippen LogP contribution is -2.21. The molecule has 4 rings (SSSR count). The number of aromatic amines is 1. The normalized spacial score (nSPS) is 25.3. The monoisotopic (exact) mass is 375 g/mol. The predicted octanol–water partition coefficient (Wildman–Crippen LogP) is 2.65. The summed E-state index contributed by atoms with van der Waals surface area (Å²) in [6.45, 7) is 2.48. The van der Waals surface area contributed by atoms with Crippen LogP contribution in [-0.2, 0) is 6.54 Å². The molecule has 1 aliphatic heterocycles. The van der Waals surface area contributed by atoms with Crippen LogP contribution in [0.2, 0.25) is 0 Å². The van der Waals surface area contributed by atoms with Crippen molar-refractivity contribution in [2.45, 2.75) is 44.8 Å². The van der Waals surface area contributed by atoms with Crippen molar-refractivity contribution in [2.75, 3.05) is 30.3 Å². The molecular formula is C19H29N5OS. The van der Waals surface area contributed by atoms with E-state index in [2.05, 4.69) is 19.9 Å². The third kappa shape index (κ3) is 4.00. The Morgan fingerprint density at radius 1 is 1.19 bits per heavy atom. The van der Waals surface area contributed by atoms with E-state index in [0.29, 0.717) is 11.7 Å². The smallest absolute Gasteiger partial charge is 0.151 e. The Labute approximate surface area is 159 Å². The lowest BCUT2D eigenvalue weighted by molar-refractivity contribution is 0.149. The summed E-state index contributed by atoms with van der Waals surface area (Å²) in [5, 5.41) is 10.5. The number of nitrogens with zero attached hydrogens (tertiary/aromatic N) is 3. The fraction of sp³-hybridized carbons (Fsp3) is 0.684. The molecular weight excluding hydrogens is 346 g/mol. The zero-order valence-electron chi connectivity index (χ0n) is 15.2. The van der Waals surface area contributed by atoms with E-state index in [1.54, 1.807) is 0 Å². The van der Waals surface area contributed by atoms with Crippen LogP contribution >= 0.6 is 11.8 Å². The molecule has 1 unspecified atom stereocenters. The maximum Gasteiger partial charge on any atom is 0.151 e. The first-order valence-electron chi connectivity index (χ1n) is 9.75. The van der Waals surface area contributed by atoms with Gasteiger partial charge in [0.15, 0.2) is 5.82 Å². The first kappa shape index (κ1) is 18.1. The largest absolute Gasteiger partial charge is 0.391 e. The van der Waals surface area contributed by atoms with Crippen LogP contribution in [0.15, 0.2) is 12.5 Å². The van der Waals surface area contributed by atoms with Crippen LogP contribution < -0.4 is 5.73 Å². The summed E-state index contributed by atoms with van der Waals surface area (Å²) in [6, 6.07) is 0. The van der Waals surface area contributed by atoms with Crippen LogP contribution in [0.5, 0.6) is 0 Å². The molecule has 2 aromatic heterocycles. The average molecular weight is 376 g/mol. The molecule has 0 radical (unpaired) electrons. The van der Waals surface area contributed by atoms with E-state index in [-0.39, 0.29) is 6.10 Å². The molecule has 2 aliphatic rings. The molecule has 0 spiro atoms. The number of nitrogen functional groups attached to an aromatic ring is 1. The number of fused-ring (bicyclic) bond motifs is 1. The van der Waals surface area contributed by atoms with Crippen molar-refractivity contribution in [3.8, 4) is 0 Å². The van der Waals surface area contributed by atoms with Gasteiger partial charge in [-0.25, -0.2) is 9.97 Å². The van der Waals surface area contributed by atoms with Gasteiger partial charge >= 0.3 is 0 Å². The molecule has 2 atom stereocenters. The van der Waals surface area contributed by atoms with Crippen molar-refractivity contribution in [1.82, 2.24) is 19.9 Å². The Morgan fingerprint density at radius 2 is 2.04 bits per heavy atom. The molecule has 3 heterocycles. The number of aromatic nitrogens is 3. The number of hydrogen-bond donors (Lipinski definition) is 3. The lowest BCUT2D eigenvalue weighted by atomic mass is 9.91. The number of aliphatic hydroxyl groups is 1. The topological polar surface area (TPSA) is 91.1 Å². The van der Waals surface area contributed by atoms with Crippen molar-refractivity contribution < 1.29 is 5.11 Å². The minimum atomic E-state index is -0.223. The van der Waals surface area contributed by atoms with E-state index >= 15 is 0 Å². The number of likely N-dealkylation sites (tertiary alicyclic amines) is 1. The van der Waals surface area contributed by atoms with Gasteiger partial charge in [-0.1, -0.05) is 19.3 Å². The van der Waals surface area contributed by atoms with Crippen molar-refractivity contribution in [3.63, 3.8) is 0 Å². The van der Waals surface area contributed by atoms with Gasteiger partial charge in [-0.2, -0.15) is 11.8 Å². The molecule has 2 aromatic rings. The summed E-state index contributed by atoms with van der Waals surface area (Å²) in [5.74, 6) is 4.09. The van der Waals surface area contributed by atoms with Gasteiger partial charge in [0, 0.05) is 37.3 Å². The Morgan fingerprint density at radius 3 is 2.88 bits per heavy atom. The van der Waals surface area contributed by atoms with E-state index in [9.17, 15) is 5.11 Å². The van der Waals surface area contributed by atoms with Gasteiger partial charge in [-0.15, -0.1) is 0 Å². The standard InChI is InChI=1S/C19H29N5OS/c20-19-18-17(22-12-23-19)14(6-21-18)7-24-8-15(16(25)9-24)11-26-10-13-4-2-1-3-5-13/h6,12-13,15-16,21,25H,1-5,7-11H2,(H2,20,22,23)/t15-,16?/m1/s1. The van der Waals surface area contributed by atoms with E-state index in [1.807, 2.05) is 18.0 Å². The highest BCUT2D eigenvalue weighted by atomic mass is 32.2. The highest BCUT2D eigenvalue weighted by Gasteiger charge is 2.31. The number of aliphatic hydroxyl groups excluding tert-OH is 1. The van der Waals surface area contributed by atoms with Crippen molar-refractivity contribution in [3.05, 3.63) is 18.1 Å². The number of anilines is 1. The average Bonchev–Trinajstić information content (AvgIpc) is 3.21. The SMILES string of the molecule is Nc1ncnc2c(CN3CC(O)[C@@H](CSCC4CCCCC4)C3)c[nH]c12. The minimum Gasteiger partial charge on any atom is -0.391 e. The molecule has 7 heteroatoms. The third-order valence-electron chi connectivity index (χ3n) is 5.86. The Kier molecular flexibility index (Phi) is 5.66. The summed E-state index contributed by atoms with van der Waals surface area (Å²) in [5.41, 5.74) is 8.72. The molecule has 4 N–H and O–H groups in total. The Balaban J connectivity index is 1.29. The predicted molar refractivity (Wildman–Crippen MR) is 107 cm³/mol. The van der Waals surface area contributed by atoms with Crippen LogP contribution in [0.3, 0.4) is 0 Å². The fourth-order valence-electron chi connectivity index (χ4n) is 4.35. The Bertz CT molecular complexity index is 730. The quantitative estimate of drug-likeness (QED) is 0.719. The second-order valence-electron chi connectivity index (χ2n) is 7.86. The van der Waals surface area contributed by atoms with Gasteiger partial charge in [0.25, 0.3) is 0 Å². The first-order valence-corrected chi connectivity index (χ1v) is 10.9. The zero-order chi connectivity index (χ0) is 17.9. The number of H-pyrrole nitrogens is 1. The molecule has 142 valence electrons. The van der Waals surface area contributed by atoms with Crippen LogP contribution in [-0.4, -0.2) is 55.7 Å². The van der Waals surface area contributed by atoms with Crippen LogP contribution in [0, 0.1) is 11.8 Å². The molecule has 0 aromatic carbocycles. The van der Waals surface area contributed by atoms with E-state index in [4.69, 9.17) is 5.73 Å². The van der Waals surface area contributed by atoms with Gasteiger partial charge in [0.1, 0.15) is 11.8 Å². The maximum atomic E-state index is 10.5. The second kappa shape index (κ2) is 8.15. The summed E-state index contributed by atoms with van der Waals surface area (Å²) in [4.78, 5) is 13.9. The van der Waals surface area contributed by atoms with E-state index < -0.39 is 0 Å². The summed E-state index contributed by atoms with van der Waals surface area (Å²) < 4.78 is 0. The molecule has 6 nitrogen and oxygen atoms in total. The minimum absolute atomic E-state index is 0.223. The van der Waals surface area contributed by atoms with Gasteiger partial charge in [0.2, 0.25) is 0 Å². The fourth-order valence-corrected chi connectivity index (χ4v) is 5.78.